The molecule has 1 aliphatic rings. The Hall–Kier alpha value is -1.56. The zero-order chi connectivity index (χ0) is 13.1. The molecule has 0 saturated carbocycles. The van der Waals surface area contributed by atoms with Crippen LogP contribution in [-0.2, 0) is 6.42 Å². The van der Waals surface area contributed by atoms with Gasteiger partial charge in [0.25, 0.3) is 0 Å². The van der Waals surface area contributed by atoms with E-state index in [0.29, 0.717) is 11.9 Å². The molecule has 0 aromatic carbocycles. The number of nitrogens with two attached hydrogens (primary N) is 2. The third kappa shape index (κ3) is 2.48. The summed E-state index contributed by atoms with van der Waals surface area (Å²) in [7, 11) is 1.97. The van der Waals surface area contributed by atoms with Crippen molar-refractivity contribution in [3.63, 3.8) is 0 Å². The standard InChI is InChI=1S/C12H22N6/c1-3-4-5-9-10(13)16-12(14)17-11(9)18-6-8(7-18)15-2/h8,15H,3-7H2,1-2H3,(H4,13,14,16,17). The van der Waals surface area contributed by atoms with Crippen LogP contribution in [0.25, 0.3) is 0 Å². The molecule has 0 bridgehead atoms. The van der Waals surface area contributed by atoms with E-state index in [1.165, 1.54) is 0 Å². The number of nitrogen functional groups attached to an aromatic ring is 2. The second kappa shape index (κ2) is 5.39. The van der Waals surface area contributed by atoms with Gasteiger partial charge in [-0.25, -0.2) is 0 Å². The van der Waals surface area contributed by atoms with Gasteiger partial charge in [-0.1, -0.05) is 13.3 Å². The SMILES string of the molecule is CCCCc1c(N)nc(N)nc1N1CC(NC)C1. The zero-order valence-corrected chi connectivity index (χ0v) is 11.1. The van der Waals surface area contributed by atoms with E-state index < -0.39 is 0 Å². The molecule has 1 aromatic heterocycles. The Bertz CT molecular complexity index is 413. The average Bonchev–Trinajstić information content (AvgIpc) is 2.26. The number of aromatic nitrogens is 2. The van der Waals surface area contributed by atoms with E-state index in [-0.39, 0.29) is 5.95 Å². The Morgan fingerprint density at radius 3 is 2.67 bits per heavy atom. The highest BCUT2D eigenvalue weighted by Crippen LogP contribution is 2.28. The number of hydrogen-bond acceptors (Lipinski definition) is 6. The Labute approximate surface area is 108 Å². The third-order valence-electron chi connectivity index (χ3n) is 3.40. The summed E-state index contributed by atoms with van der Waals surface area (Å²) < 4.78 is 0. The molecule has 1 fully saturated rings. The fourth-order valence-corrected chi connectivity index (χ4v) is 2.20. The molecule has 6 nitrogen and oxygen atoms in total. The number of hydrogen-bond donors (Lipinski definition) is 3. The van der Waals surface area contributed by atoms with Crippen molar-refractivity contribution in [3.8, 4) is 0 Å². The van der Waals surface area contributed by atoms with Crippen LogP contribution in [0.15, 0.2) is 0 Å². The summed E-state index contributed by atoms with van der Waals surface area (Å²) in [5.74, 6) is 1.70. The lowest BCUT2D eigenvalue weighted by Gasteiger charge is -2.41. The number of rotatable bonds is 5. The number of unbranched alkanes of at least 4 members (excludes halogenated alkanes) is 1. The molecule has 1 aliphatic heterocycles. The molecule has 1 saturated heterocycles. The van der Waals surface area contributed by atoms with Crippen LogP contribution < -0.4 is 21.7 Å². The first-order valence-electron chi connectivity index (χ1n) is 6.49. The van der Waals surface area contributed by atoms with E-state index in [1.807, 2.05) is 7.05 Å². The first-order chi connectivity index (χ1) is 8.65. The average molecular weight is 250 g/mol. The number of likely N-dealkylation sites (N-methyl/N-ethyl adjacent to an activating group) is 1. The van der Waals surface area contributed by atoms with Crippen molar-refractivity contribution in [2.75, 3.05) is 36.5 Å². The highest BCUT2D eigenvalue weighted by atomic mass is 15.3. The lowest BCUT2D eigenvalue weighted by molar-refractivity contribution is 0.446. The Balaban J connectivity index is 2.21. The number of nitrogens with one attached hydrogen (secondary N) is 1. The Morgan fingerprint density at radius 1 is 1.33 bits per heavy atom. The van der Waals surface area contributed by atoms with Gasteiger partial charge in [-0.15, -0.1) is 0 Å². The lowest BCUT2D eigenvalue weighted by Crippen LogP contribution is -2.57. The molecule has 0 spiro atoms. The summed E-state index contributed by atoms with van der Waals surface area (Å²) in [6, 6.07) is 0.529. The molecule has 0 radical (unpaired) electrons. The monoisotopic (exact) mass is 250 g/mol. The van der Waals surface area contributed by atoms with E-state index in [9.17, 15) is 0 Å². The maximum atomic E-state index is 5.97. The summed E-state index contributed by atoms with van der Waals surface area (Å²) in [4.78, 5) is 10.6. The normalized spacial score (nSPS) is 15.8. The third-order valence-corrected chi connectivity index (χ3v) is 3.40. The maximum Gasteiger partial charge on any atom is 0.223 e. The van der Waals surface area contributed by atoms with Gasteiger partial charge in [-0.3, -0.25) is 0 Å². The first kappa shape index (κ1) is 12.9. The van der Waals surface area contributed by atoms with Crippen molar-refractivity contribution in [1.82, 2.24) is 15.3 Å². The van der Waals surface area contributed by atoms with Crippen LogP contribution in [0.4, 0.5) is 17.6 Å². The molecule has 18 heavy (non-hydrogen) atoms. The predicted molar refractivity (Wildman–Crippen MR) is 74.5 cm³/mol. The molecular weight excluding hydrogens is 228 g/mol. The van der Waals surface area contributed by atoms with Gasteiger partial charge in [-0.05, 0) is 19.9 Å². The molecule has 6 heteroatoms. The fraction of sp³-hybridized carbons (Fsp3) is 0.667. The van der Waals surface area contributed by atoms with Crippen molar-refractivity contribution in [2.45, 2.75) is 32.2 Å². The highest BCUT2D eigenvalue weighted by Gasteiger charge is 2.29. The van der Waals surface area contributed by atoms with Crippen LogP contribution in [0, 0.1) is 0 Å². The molecule has 2 rings (SSSR count). The summed E-state index contributed by atoms with van der Waals surface area (Å²) >= 11 is 0. The Morgan fingerprint density at radius 2 is 2.06 bits per heavy atom. The van der Waals surface area contributed by atoms with Crippen LogP contribution >= 0.6 is 0 Å². The summed E-state index contributed by atoms with van der Waals surface area (Å²) in [5, 5.41) is 3.25. The van der Waals surface area contributed by atoms with Gasteiger partial charge in [0.15, 0.2) is 0 Å². The largest absolute Gasteiger partial charge is 0.383 e. The molecule has 1 aromatic rings. The minimum Gasteiger partial charge on any atom is -0.383 e. The van der Waals surface area contributed by atoms with Crippen molar-refractivity contribution in [2.24, 2.45) is 0 Å². The minimum atomic E-state index is 0.260. The second-order valence-electron chi connectivity index (χ2n) is 4.76. The quantitative estimate of drug-likeness (QED) is 0.700. The topological polar surface area (TPSA) is 93.1 Å². The van der Waals surface area contributed by atoms with E-state index in [4.69, 9.17) is 11.5 Å². The molecule has 5 N–H and O–H groups in total. The maximum absolute atomic E-state index is 5.97. The van der Waals surface area contributed by atoms with E-state index in [2.05, 4.69) is 27.1 Å². The molecule has 0 unspecified atom stereocenters. The molecule has 100 valence electrons. The van der Waals surface area contributed by atoms with Gasteiger partial charge >= 0.3 is 0 Å². The second-order valence-corrected chi connectivity index (χ2v) is 4.76. The molecule has 2 heterocycles. The number of anilines is 3. The minimum absolute atomic E-state index is 0.260. The molecular formula is C12H22N6. The summed E-state index contributed by atoms with van der Waals surface area (Å²) in [6.45, 7) is 4.06. The Kier molecular flexibility index (Phi) is 3.86. The van der Waals surface area contributed by atoms with Crippen molar-refractivity contribution < 1.29 is 0 Å². The number of nitrogens with zero attached hydrogens (tertiary/aromatic N) is 3. The van der Waals surface area contributed by atoms with Gasteiger partial charge in [0.05, 0.1) is 0 Å². The van der Waals surface area contributed by atoms with Crippen LogP contribution in [0.3, 0.4) is 0 Å². The van der Waals surface area contributed by atoms with Gasteiger partial charge < -0.3 is 21.7 Å². The molecule has 0 amide bonds. The van der Waals surface area contributed by atoms with Gasteiger partial charge in [0.2, 0.25) is 5.95 Å². The van der Waals surface area contributed by atoms with Gasteiger partial charge in [-0.2, -0.15) is 9.97 Å². The van der Waals surface area contributed by atoms with Crippen LogP contribution in [0.2, 0.25) is 0 Å². The fourth-order valence-electron chi connectivity index (χ4n) is 2.20. The van der Waals surface area contributed by atoms with E-state index in [0.717, 1.165) is 43.7 Å². The van der Waals surface area contributed by atoms with E-state index >= 15 is 0 Å². The van der Waals surface area contributed by atoms with Gasteiger partial charge in [0.1, 0.15) is 11.6 Å². The molecule has 0 atom stereocenters. The van der Waals surface area contributed by atoms with Crippen LogP contribution in [-0.4, -0.2) is 36.1 Å². The van der Waals surface area contributed by atoms with Crippen molar-refractivity contribution >= 4 is 17.6 Å². The van der Waals surface area contributed by atoms with Crippen LogP contribution in [0.1, 0.15) is 25.3 Å². The summed E-state index contributed by atoms with van der Waals surface area (Å²) in [6.07, 6.45) is 3.13. The van der Waals surface area contributed by atoms with E-state index in [1.54, 1.807) is 0 Å². The van der Waals surface area contributed by atoms with Crippen molar-refractivity contribution in [1.29, 1.82) is 0 Å². The van der Waals surface area contributed by atoms with Crippen LogP contribution in [0.5, 0.6) is 0 Å². The van der Waals surface area contributed by atoms with Crippen molar-refractivity contribution in [3.05, 3.63) is 5.56 Å². The zero-order valence-electron chi connectivity index (χ0n) is 11.1. The molecule has 0 aliphatic carbocycles. The summed E-state index contributed by atoms with van der Waals surface area (Å²) in [5.41, 5.74) is 12.7. The smallest absolute Gasteiger partial charge is 0.223 e. The highest BCUT2D eigenvalue weighted by molar-refractivity contribution is 5.61. The van der Waals surface area contributed by atoms with Gasteiger partial charge in [0, 0.05) is 24.7 Å². The first-order valence-corrected chi connectivity index (χ1v) is 6.49. The lowest BCUT2D eigenvalue weighted by atomic mass is 10.1. The predicted octanol–water partition coefficient (Wildman–Crippen LogP) is 0.392.